The van der Waals surface area contributed by atoms with Crippen LogP contribution in [0.25, 0.3) is 0 Å². The van der Waals surface area contributed by atoms with E-state index in [1.165, 1.54) is 11.3 Å². The fourth-order valence-corrected chi connectivity index (χ4v) is 4.36. The first-order valence-electron chi connectivity index (χ1n) is 5.77. The van der Waals surface area contributed by atoms with E-state index in [0.717, 1.165) is 0 Å². The summed E-state index contributed by atoms with van der Waals surface area (Å²) in [6.07, 6.45) is 5.11. The van der Waals surface area contributed by atoms with Crippen molar-refractivity contribution in [1.29, 1.82) is 0 Å². The third kappa shape index (κ3) is 3.41. The smallest absolute Gasteiger partial charge is 0.242 e. The molecule has 0 amide bonds. The Balaban J connectivity index is 2.09. The molecule has 2 aromatic heterocycles. The van der Waals surface area contributed by atoms with Gasteiger partial charge in [-0.3, -0.25) is 0 Å². The molecule has 0 aromatic carbocycles. The van der Waals surface area contributed by atoms with E-state index in [-0.39, 0.29) is 17.5 Å². The molecule has 2 heterocycles. The van der Waals surface area contributed by atoms with Crippen LogP contribution in [-0.2, 0) is 23.1 Å². The summed E-state index contributed by atoms with van der Waals surface area (Å²) in [6.45, 7) is 2.57. The number of thiophene rings is 1. The normalized spacial score (nSPS) is 13.6. The molecule has 1 unspecified atom stereocenters. The number of aromatic nitrogens is 2. The Hall–Kier alpha value is -1.22. The van der Waals surface area contributed by atoms with Crippen molar-refractivity contribution in [2.24, 2.45) is 5.73 Å². The summed E-state index contributed by atoms with van der Waals surface area (Å²) in [4.78, 5) is 4.86. The fraction of sp³-hybridized carbons (Fsp3) is 0.364. The number of nitrogens with zero attached hydrogens (tertiary/aromatic N) is 2. The lowest BCUT2D eigenvalue weighted by Crippen LogP contribution is -2.35. The molecule has 0 spiro atoms. The first-order chi connectivity index (χ1) is 9.03. The predicted octanol–water partition coefficient (Wildman–Crippen LogP) is 0.770. The van der Waals surface area contributed by atoms with Crippen LogP contribution in [0.3, 0.4) is 0 Å². The van der Waals surface area contributed by atoms with Crippen LogP contribution in [0.1, 0.15) is 11.8 Å². The van der Waals surface area contributed by atoms with Crippen LogP contribution >= 0.6 is 11.3 Å². The zero-order valence-electron chi connectivity index (χ0n) is 10.5. The zero-order valence-corrected chi connectivity index (χ0v) is 12.1. The van der Waals surface area contributed by atoms with Crippen molar-refractivity contribution in [1.82, 2.24) is 14.3 Å². The van der Waals surface area contributed by atoms with Gasteiger partial charge in [0.15, 0.2) is 0 Å². The minimum absolute atomic E-state index is 0.226. The molecule has 6 nitrogen and oxygen atoms in total. The topological polar surface area (TPSA) is 90.0 Å². The van der Waals surface area contributed by atoms with E-state index < -0.39 is 10.0 Å². The van der Waals surface area contributed by atoms with E-state index in [0.29, 0.717) is 11.4 Å². The lowest BCUT2D eigenvalue weighted by Gasteiger charge is -2.14. The van der Waals surface area contributed by atoms with Crippen molar-refractivity contribution >= 4 is 21.4 Å². The summed E-state index contributed by atoms with van der Waals surface area (Å²) in [7, 11) is -3.52. The van der Waals surface area contributed by atoms with Crippen LogP contribution in [0, 0.1) is 0 Å². The molecule has 2 rings (SSSR count). The highest BCUT2D eigenvalue weighted by Gasteiger charge is 2.21. The van der Waals surface area contributed by atoms with Gasteiger partial charge in [0.25, 0.3) is 0 Å². The second-order valence-corrected chi connectivity index (χ2v) is 6.88. The van der Waals surface area contributed by atoms with Crippen molar-refractivity contribution in [3.8, 4) is 0 Å². The summed E-state index contributed by atoms with van der Waals surface area (Å²) in [5.41, 5.74) is 5.54. The molecule has 104 valence electrons. The zero-order chi connectivity index (χ0) is 13.9. The maximum absolute atomic E-state index is 12.2. The first-order valence-corrected chi connectivity index (χ1v) is 8.13. The predicted molar refractivity (Wildman–Crippen MR) is 74.2 cm³/mol. The molecule has 0 aliphatic rings. The largest absolute Gasteiger partial charge is 0.336 e. The molecule has 0 aliphatic carbocycles. The molecule has 0 saturated heterocycles. The van der Waals surface area contributed by atoms with Gasteiger partial charge in [0, 0.05) is 36.4 Å². The molecule has 0 saturated carbocycles. The van der Waals surface area contributed by atoms with E-state index in [1.807, 2.05) is 11.5 Å². The number of imidazole rings is 1. The molecule has 2 aromatic rings. The Morgan fingerprint density at radius 1 is 1.58 bits per heavy atom. The Kier molecular flexibility index (Phi) is 4.35. The van der Waals surface area contributed by atoms with Crippen molar-refractivity contribution in [2.45, 2.75) is 31.0 Å². The standard InChI is InChI=1S/C11H16N4O2S2/c1-9(7-15-4-3-13-8-15)14-19(16,17)11-2-5-18-10(11)6-12/h2-5,8-9,14H,6-7,12H2,1H3. The number of nitrogens with two attached hydrogens (primary N) is 1. The van der Waals surface area contributed by atoms with Gasteiger partial charge in [0.05, 0.1) is 11.2 Å². The number of rotatable bonds is 6. The van der Waals surface area contributed by atoms with Crippen LogP contribution in [0.5, 0.6) is 0 Å². The van der Waals surface area contributed by atoms with Crippen LogP contribution in [0.2, 0.25) is 0 Å². The van der Waals surface area contributed by atoms with Crippen LogP contribution in [-0.4, -0.2) is 24.0 Å². The van der Waals surface area contributed by atoms with E-state index in [2.05, 4.69) is 9.71 Å². The SMILES string of the molecule is CC(Cn1ccnc1)NS(=O)(=O)c1ccsc1CN. The number of hydrogen-bond acceptors (Lipinski definition) is 5. The summed E-state index contributed by atoms with van der Waals surface area (Å²) < 4.78 is 28.9. The maximum Gasteiger partial charge on any atom is 0.242 e. The van der Waals surface area contributed by atoms with Gasteiger partial charge in [-0.05, 0) is 18.4 Å². The quantitative estimate of drug-likeness (QED) is 0.824. The van der Waals surface area contributed by atoms with Crippen molar-refractivity contribution in [3.63, 3.8) is 0 Å². The first kappa shape index (κ1) is 14.2. The Morgan fingerprint density at radius 3 is 3.00 bits per heavy atom. The molecule has 0 aliphatic heterocycles. The van der Waals surface area contributed by atoms with Gasteiger partial charge in [0.1, 0.15) is 0 Å². The maximum atomic E-state index is 12.2. The third-order valence-corrected chi connectivity index (χ3v) is 5.33. The van der Waals surface area contributed by atoms with Gasteiger partial charge in [-0.15, -0.1) is 11.3 Å². The molecule has 8 heteroatoms. The van der Waals surface area contributed by atoms with Gasteiger partial charge >= 0.3 is 0 Å². The number of sulfonamides is 1. The van der Waals surface area contributed by atoms with Crippen LogP contribution in [0.4, 0.5) is 0 Å². The third-order valence-electron chi connectivity index (χ3n) is 2.58. The number of nitrogens with one attached hydrogen (secondary N) is 1. The number of hydrogen-bond donors (Lipinski definition) is 2. The van der Waals surface area contributed by atoms with Crippen molar-refractivity contribution in [3.05, 3.63) is 35.0 Å². The average Bonchev–Trinajstić information content (AvgIpc) is 2.97. The minimum Gasteiger partial charge on any atom is -0.336 e. The summed E-state index contributed by atoms with van der Waals surface area (Å²) in [5.74, 6) is 0. The lowest BCUT2D eigenvalue weighted by atomic mass is 10.4. The molecular formula is C11H16N4O2S2. The second kappa shape index (κ2) is 5.83. The van der Waals surface area contributed by atoms with Gasteiger partial charge in [-0.1, -0.05) is 0 Å². The Labute approximate surface area is 116 Å². The molecule has 0 radical (unpaired) electrons. The molecule has 3 N–H and O–H groups in total. The van der Waals surface area contributed by atoms with Crippen molar-refractivity contribution < 1.29 is 8.42 Å². The highest BCUT2D eigenvalue weighted by Crippen LogP contribution is 2.21. The van der Waals surface area contributed by atoms with Gasteiger partial charge in [-0.25, -0.2) is 18.1 Å². The molecule has 0 fully saturated rings. The molecule has 0 bridgehead atoms. The van der Waals surface area contributed by atoms with Gasteiger partial charge in [-0.2, -0.15) is 0 Å². The summed E-state index contributed by atoms with van der Waals surface area (Å²) in [5, 5.41) is 1.73. The van der Waals surface area contributed by atoms with Gasteiger partial charge < -0.3 is 10.3 Å². The average molecular weight is 300 g/mol. The summed E-state index contributed by atoms with van der Waals surface area (Å²) in [6, 6.07) is 1.35. The van der Waals surface area contributed by atoms with Gasteiger partial charge in [0.2, 0.25) is 10.0 Å². The fourth-order valence-electron chi connectivity index (χ4n) is 1.79. The lowest BCUT2D eigenvalue weighted by molar-refractivity contribution is 0.520. The van der Waals surface area contributed by atoms with E-state index in [1.54, 1.807) is 30.2 Å². The van der Waals surface area contributed by atoms with E-state index >= 15 is 0 Å². The molecule has 19 heavy (non-hydrogen) atoms. The van der Waals surface area contributed by atoms with E-state index in [9.17, 15) is 8.42 Å². The monoisotopic (exact) mass is 300 g/mol. The summed E-state index contributed by atoms with van der Waals surface area (Å²) >= 11 is 1.35. The highest BCUT2D eigenvalue weighted by molar-refractivity contribution is 7.89. The van der Waals surface area contributed by atoms with Crippen LogP contribution < -0.4 is 10.5 Å². The Bertz CT molecular complexity index is 619. The highest BCUT2D eigenvalue weighted by atomic mass is 32.2. The second-order valence-electron chi connectivity index (χ2n) is 4.19. The van der Waals surface area contributed by atoms with Crippen molar-refractivity contribution in [2.75, 3.05) is 0 Å². The molecular weight excluding hydrogens is 284 g/mol. The minimum atomic E-state index is -3.52. The Morgan fingerprint density at radius 2 is 2.37 bits per heavy atom. The van der Waals surface area contributed by atoms with E-state index in [4.69, 9.17) is 5.73 Å². The van der Waals surface area contributed by atoms with Crippen LogP contribution in [0.15, 0.2) is 35.1 Å². The molecule has 1 atom stereocenters.